The van der Waals surface area contributed by atoms with Gasteiger partial charge in [0.1, 0.15) is 10.7 Å². The molecule has 2 rings (SSSR count). The number of carbonyl (C=O) groups excluding carboxylic acids is 2. The fraction of sp³-hybridized carbons (Fsp3) is 0.312. The maximum atomic E-state index is 12.1. The summed E-state index contributed by atoms with van der Waals surface area (Å²) in [6, 6.07) is 7.51. The summed E-state index contributed by atoms with van der Waals surface area (Å²) in [6.07, 6.45) is 2.67. The zero-order valence-corrected chi connectivity index (χ0v) is 14.5. The summed E-state index contributed by atoms with van der Waals surface area (Å²) < 4.78 is 9.70. The quantitative estimate of drug-likeness (QED) is 0.444. The predicted molar refractivity (Wildman–Crippen MR) is 94.5 cm³/mol. The molecule has 1 saturated heterocycles. The molecule has 1 fully saturated rings. The van der Waals surface area contributed by atoms with Crippen LogP contribution in [0.4, 0.5) is 4.79 Å². The monoisotopic (exact) mass is 351 g/mol. The first-order valence-corrected chi connectivity index (χ1v) is 8.24. The molecule has 0 saturated carbocycles. The van der Waals surface area contributed by atoms with Crippen molar-refractivity contribution in [1.82, 2.24) is 4.90 Å². The molecule has 1 amide bonds. The number of rotatable bonds is 6. The zero-order valence-electron chi connectivity index (χ0n) is 12.9. The van der Waals surface area contributed by atoms with Gasteiger partial charge in [0.2, 0.25) is 0 Å². The summed E-state index contributed by atoms with van der Waals surface area (Å²) >= 11 is 6.48. The van der Waals surface area contributed by atoms with Crippen molar-refractivity contribution in [2.45, 2.75) is 12.8 Å². The number of nitrogens with zero attached hydrogens (tertiary/aromatic N) is 1. The van der Waals surface area contributed by atoms with Crippen LogP contribution >= 0.6 is 24.0 Å². The number of thiocarbonyl (C=S) groups is 1. The number of methoxy groups -OCH3 is 2. The van der Waals surface area contributed by atoms with E-state index in [0.29, 0.717) is 18.0 Å². The smallest absolute Gasteiger partial charge is 0.305 e. The number of amides is 1. The molecule has 0 unspecified atom stereocenters. The fourth-order valence-corrected chi connectivity index (χ4v) is 3.32. The van der Waals surface area contributed by atoms with E-state index in [9.17, 15) is 9.59 Å². The van der Waals surface area contributed by atoms with Gasteiger partial charge >= 0.3 is 5.97 Å². The van der Waals surface area contributed by atoms with Gasteiger partial charge < -0.3 is 9.47 Å². The molecule has 0 aliphatic carbocycles. The Morgan fingerprint density at radius 1 is 1.30 bits per heavy atom. The fourth-order valence-electron chi connectivity index (χ4n) is 2.03. The van der Waals surface area contributed by atoms with Crippen LogP contribution in [0, 0.1) is 0 Å². The van der Waals surface area contributed by atoms with Crippen molar-refractivity contribution in [3.63, 3.8) is 0 Å². The van der Waals surface area contributed by atoms with Crippen molar-refractivity contribution < 1.29 is 19.1 Å². The molecule has 0 spiro atoms. The van der Waals surface area contributed by atoms with Crippen LogP contribution in [0.25, 0.3) is 6.08 Å². The Morgan fingerprint density at radius 3 is 2.61 bits per heavy atom. The highest BCUT2D eigenvalue weighted by Crippen LogP contribution is 2.33. The van der Waals surface area contributed by atoms with Crippen LogP contribution in [-0.2, 0) is 9.53 Å². The predicted octanol–water partition coefficient (Wildman–Crippen LogP) is 3.49. The molecule has 0 radical (unpaired) electrons. The van der Waals surface area contributed by atoms with Crippen LogP contribution < -0.4 is 4.74 Å². The number of esters is 1. The van der Waals surface area contributed by atoms with Crippen molar-refractivity contribution in [2.75, 3.05) is 20.8 Å². The molecule has 1 heterocycles. The first kappa shape index (κ1) is 17.5. The average molecular weight is 351 g/mol. The second kappa shape index (κ2) is 8.12. The van der Waals surface area contributed by atoms with E-state index in [1.807, 2.05) is 30.3 Å². The second-order valence-electron chi connectivity index (χ2n) is 4.79. The summed E-state index contributed by atoms with van der Waals surface area (Å²) in [4.78, 5) is 25.9. The first-order valence-electron chi connectivity index (χ1n) is 7.01. The van der Waals surface area contributed by atoms with Gasteiger partial charge in [-0.1, -0.05) is 24.4 Å². The maximum Gasteiger partial charge on any atom is 0.305 e. The Balaban J connectivity index is 2.01. The van der Waals surface area contributed by atoms with Gasteiger partial charge in [-0.25, -0.2) is 0 Å². The van der Waals surface area contributed by atoms with E-state index in [-0.39, 0.29) is 17.6 Å². The van der Waals surface area contributed by atoms with E-state index in [1.165, 1.54) is 12.0 Å². The largest absolute Gasteiger partial charge is 0.497 e. The molecule has 0 bridgehead atoms. The van der Waals surface area contributed by atoms with Gasteiger partial charge in [0.05, 0.1) is 19.1 Å². The first-order chi connectivity index (χ1) is 11.0. The van der Waals surface area contributed by atoms with Gasteiger partial charge in [-0.05, 0) is 42.0 Å². The van der Waals surface area contributed by atoms with Gasteiger partial charge in [-0.3, -0.25) is 14.5 Å². The lowest BCUT2D eigenvalue weighted by molar-refractivity contribution is -0.140. The highest BCUT2D eigenvalue weighted by atomic mass is 32.2. The molecule has 1 aromatic rings. The number of hydrogen-bond acceptors (Lipinski definition) is 6. The number of benzene rings is 1. The molecule has 1 aliphatic rings. The van der Waals surface area contributed by atoms with Crippen molar-refractivity contribution in [3.05, 3.63) is 34.7 Å². The molecule has 0 aromatic heterocycles. The van der Waals surface area contributed by atoms with E-state index in [2.05, 4.69) is 4.74 Å². The van der Waals surface area contributed by atoms with Gasteiger partial charge in [-0.15, -0.1) is 0 Å². The van der Waals surface area contributed by atoms with Crippen molar-refractivity contribution in [3.8, 4) is 5.75 Å². The SMILES string of the molecule is COC(=O)CCCN1C(=O)S/C(=C/c2ccc(OC)cc2)C1=S. The van der Waals surface area contributed by atoms with E-state index in [0.717, 1.165) is 28.0 Å². The third-order valence-electron chi connectivity index (χ3n) is 3.28. The van der Waals surface area contributed by atoms with E-state index in [1.54, 1.807) is 7.11 Å². The van der Waals surface area contributed by atoms with Crippen LogP contribution in [0.3, 0.4) is 0 Å². The highest BCUT2D eigenvalue weighted by Gasteiger charge is 2.31. The molecular formula is C16H17NO4S2. The minimum atomic E-state index is -0.288. The molecule has 5 nitrogen and oxygen atoms in total. The summed E-state index contributed by atoms with van der Waals surface area (Å²) in [5.41, 5.74) is 0.944. The molecule has 7 heteroatoms. The van der Waals surface area contributed by atoms with Gasteiger partial charge in [-0.2, -0.15) is 0 Å². The van der Waals surface area contributed by atoms with E-state index < -0.39 is 0 Å². The average Bonchev–Trinajstić information content (AvgIpc) is 2.82. The van der Waals surface area contributed by atoms with E-state index >= 15 is 0 Å². The maximum absolute atomic E-state index is 12.1. The lowest BCUT2D eigenvalue weighted by atomic mass is 10.2. The normalized spacial score (nSPS) is 16.1. The van der Waals surface area contributed by atoms with Gasteiger partial charge in [0, 0.05) is 13.0 Å². The minimum absolute atomic E-state index is 0.111. The Bertz CT molecular complexity index is 640. The van der Waals surface area contributed by atoms with Crippen LogP contribution in [0.2, 0.25) is 0 Å². The molecule has 1 aliphatic heterocycles. The Kier molecular flexibility index (Phi) is 6.18. The van der Waals surface area contributed by atoms with Crippen LogP contribution in [0.1, 0.15) is 18.4 Å². The van der Waals surface area contributed by atoms with Crippen LogP contribution in [-0.4, -0.2) is 41.9 Å². The molecule has 23 heavy (non-hydrogen) atoms. The van der Waals surface area contributed by atoms with Crippen molar-refractivity contribution in [1.29, 1.82) is 0 Å². The number of thioether (sulfide) groups is 1. The number of ether oxygens (including phenoxy) is 2. The minimum Gasteiger partial charge on any atom is -0.497 e. The summed E-state index contributed by atoms with van der Waals surface area (Å²) in [5.74, 6) is 0.485. The van der Waals surface area contributed by atoms with Crippen LogP contribution in [0.5, 0.6) is 5.75 Å². The Morgan fingerprint density at radius 2 is 2.00 bits per heavy atom. The third-order valence-corrected chi connectivity index (χ3v) is 4.77. The lowest BCUT2D eigenvalue weighted by Gasteiger charge is -2.13. The second-order valence-corrected chi connectivity index (χ2v) is 6.17. The topological polar surface area (TPSA) is 55.8 Å². The number of hydrogen-bond donors (Lipinski definition) is 0. The number of carbonyl (C=O) groups is 2. The highest BCUT2D eigenvalue weighted by molar-refractivity contribution is 8.19. The summed E-state index contributed by atoms with van der Waals surface area (Å²) in [6.45, 7) is 0.416. The third kappa shape index (κ3) is 4.56. The van der Waals surface area contributed by atoms with E-state index in [4.69, 9.17) is 17.0 Å². The van der Waals surface area contributed by atoms with Gasteiger partial charge in [0.15, 0.2) is 0 Å². The van der Waals surface area contributed by atoms with Gasteiger partial charge in [0.25, 0.3) is 5.24 Å². The Hall–Kier alpha value is -1.86. The molecule has 1 aromatic carbocycles. The molecule has 0 atom stereocenters. The van der Waals surface area contributed by atoms with Crippen molar-refractivity contribution >= 4 is 46.3 Å². The van der Waals surface area contributed by atoms with Crippen LogP contribution in [0.15, 0.2) is 29.2 Å². The Labute approximate surface area is 144 Å². The molecular weight excluding hydrogens is 334 g/mol. The molecule has 122 valence electrons. The molecule has 0 N–H and O–H groups in total. The summed E-state index contributed by atoms with van der Waals surface area (Å²) in [5, 5.41) is -0.111. The van der Waals surface area contributed by atoms with Crippen molar-refractivity contribution in [2.24, 2.45) is 0 Å². The zero-order chi connectivity index (χ0) is 16.8. The standard InChI is InChI=1S/C16H17NO4S2/c1-20-12-7-5-11(6-8-12)10-13-15(22)17(16(19)23-13)9-3-4-14(18)21-2/h5-8,10H,3-4,9H2,1-2H3/b13-10+. The lowest BCUT2D eigenvalue weighted by Crippen LogP contribution is -2.28. The summed E-state index contributed by atoms with van der Waals surface area (Å²) in [7, 11) is 2.96.